The number of nitrogens with one attached hydrogen (secondary N) is 2. The fourth-order valence-corrected chi connectivity index (χ4v) is 3.52. The number of imidazole rings is 1. The van der Waals surface area contributed by atoms with Crippen LogP contribution >= 0.6 is 0 Å². The van der Waals surface area contributed by atoms with Gasteiger partial charge in [0.1, 0.15) is 0 Å². The number of rotatable bonds is 4. The van der Waals surface area contributed by atoms with Crippen molar-refractivity contribution in [2.24, 2.45) is 4.99 Å². The predicted octanol–water partition coefficient (Wildman–Crippen LogP) is 0.732. The minimum atomic E-state index is -0.752. The molecule has 9 nitrogen and oxygen atoms in total. The van der Waals surface area contributed by atoms with Crippen LogP contribution in [0.25, 0.3) is 5.65 Å². The molecule has 0 bridgehead atoms. The summed E-state index contributed by atoms with van der Waals surface area (Å²) >= 11 is 0. The fraction of sp³-hybridized carbons (Fsp3) is 0.263. The van der Waals surface area contributed by atoms with Crippen LogP contribution in [0.3, 0.4) is 0 Å². The van der Waals surface area contributed by atoms with E-state index in [1.807, 2.05) is 47.1 Å². The van der Waals surface area contributed by atoms with Gasteiger partial charge in [0, 0.05) is 49.5 Å². The van der Waals surface area contributed by atoms with E-state index >= 15 is 0 Å². The van der Waals surface area contributed by atoms with Crippen molar-refractivity contribution < 1.29 is 9.63 Å². The maximum absolute atomic E-state index is 12.6. The smallest absolute Gasteiger partial charge is 0.263 e. The highest BCUT2D eigenvalue weighted by Crippen LogP contribution is 2.22. The molecule has 1 fully saturated rings. The van der Waals surface area contributed by atoms with Crippen molar-refractivity contribution in [2.75, 3.05) is 18.0 Å². The standard InChI is InChI=1S/C19H19N7O2/c27-18(15-23-19(28-24-15)13-4-2-1-3-5-13)22-14-6-9-26(12-14)17-16-20-7-10-25(16)11-8-21-17/h1-5,7-8,10-11,14-15,24H,6,9,12H2,(H,22,27)/t14-,15?/m0/s1. The van der Waals surface area contributed by atoms with Gasteiger partial charge in [-0.2, -0.15) is 0 Å². The number of nitrogens with zero attached hydrogens (tertiary/aromatic N) is 5. The summed E-state index contributed by atoms with van der Waals surface area (Å²) in [5, 5.41) is 3.05. The minimum absolute atomic E-state index is 0.0160. The van der Waals surface area contributed by atoms with Crippen molar-refractivity contribution in [1.82, 2.24) is 25.2 Å². The summed E-state index contributed by atoms with van der Waals surface area (Å²) in [6, 6.07) is 9.51. The summed E-state index contributed by atoms with van der Waals surface area (Å²) in [5.74, 6) is 1.05. The first-order valence-electron chi connectivity index (χ1n) is 9.16. The normalized spacial score (nSPS) is 21.6. The largest absolute Gasteiger partial charge is 0.385 e. The van der Waals surface area contributed by atoms with Crippen LogP contribution in [0.4, 0.5) is 5.82 Å². The zero-order valence-electron chi connectivity index (χ0n) is 15.0. The van der Waals surface area contributed by atoms with Crippen LogP contribution in [0.2, 0.25) is 0 Å². The second kappa shape index (κ2) is 6.93. The maximum Gasteiger partial charge on any atom is 0.263 e. The van der Waals surface area contributed by atoms with Gasteiger partial charge in [0.25, 0.3) is 5.91 Å². The van der Waals surface area contributed by atoms with Crippen molar-refractivity contribution in [1.29, 1.82) is 0 Å². The molecule has 2 aliphatic heterocycles. The summed E-state index contributed by atoms with van der Waals surface area (Å²) in [4.78, 5) is 33.3. The van der Waals surface area contributed by atoms with Gasteiger partial charge in [-0.3, -0.25) is 4.79 Å². The third-order valence-electron chi connectivity index (χ3n) is 4.91. The number of aromatic nitrogens is 3. The number of carbonyl (C=O) groups excluding carboxylic acids is 1. The van der Waals surface area contributed by atoms with Crippen LogP contribution in [0, 0.1) is 0 Å². The van der Waals surface area contributed by atoms with E-state index in [9.17, 15) is 4.79 Å². The molecule has 0 aliphatic carbocycles. The highest BCUT2D eigenvalue weighted by molar-refractivity contribution is 5.97. The summed E-state index contributed by atoms with van der Waals surface area (Å²) in [6.07, 6.45) is 7.36. The summed E-state index contributed by atoms with van der Waals surface area (Å²) in [7, 11) is 0. The summed E-state index contributed by atoms with van der Waals surface area (Å²) in [5.41, 5.74) is 4.33. The molecule has 2 N–H and O–H groups in total. The van der Waals surface area contributed by atoms with E-state index in [4.69, 9.17) is 4.84 Å². The van der Waals surface area contributed by atoms with Crippen molar-refractivity contribution in [3.05, 3.63) is 60.7 Å². The van der Waals surface area contributed by atoms with Crippen LogP contribution in [0.15, 0.2) is 60.1 Å². The zero-order valence-corrected chi connectivity index (χ0v) is 15.0. The molecule has 4 heterocycles. The third kappa shape index (κ3) is 3.05. The Morgan fingerprint density at radius 3 is 2.86 bits per heavy atom. The molecule has 1 amide bonds. The summed E-state index contributed by atoms with van der Waals surface area (Å²) in [6.45, 7) is 1.48. The molecular weight excluding hydrogens is 358 g/mol. The Kier molecular flexibility index (Phi) is 4.13. The molecule has 2 aliphatic rings. The summed E-state index contributed by atoms with van der Waals surface area (Å²) < 4.78 is 1.94. The predicted molar refractivity (Wildman–Crippen MR) is 103 cm³/mol. The Bertz CT molecular complexity index is 1030. The van der Waals surface area contributed by atoms with E-state index in [1.54, 1.807) is 12.4 Å². The van der Waals surface area contributed by atoms with E-state index in [2.05, 4.69) is 30.7 Å². The van der Waals surface area contributed by atoms with Gasteiger partial charge in [0.05, 0.1) is 0 Å². The van der Waals surface area contributed by atoms with Gasteiger partial charge >= 0.3 is 0 Å². The second-order valence-electron chi connectivity index (χ2n) is 6.77. The van der Waals surface area contributed by atoms with Crippen molar-refractivity contribution in [3.8, 4) is 0 Å². The Labute approximate surface area is 161 Å². The lowest BCUT2D eigenvalue weighted by Crippen LogP contribution is -2.45. The molecule has 1 saturated heterocycles. The van der Waals surface area contributed by atoms with Crippen LogP contribution in [-0.2, 0) is 9.63 Å². The highest BCUT2D eigenvalue weighted by atomic mass is 16.7. The molecule has 0 saturated carbocycles. The minimum Gasteiger partial charge on any atom is -0.385 e. The number of hydrogen-bond acceptors (Lipinski definition) is 7. The van der Waals surface area contributed by atoms with E-state index in [0.717, 1.165) is 30.0 Å². The number of amides is 1. The van der Waals surface area contributed by atoms with E-state index < -0.39 is 6.17 Å². The molecule has 28 heavy (non-hydrogen) atoms. The molecule has 142 valence electrons. The molecular formula is C19H19N7O2. The number of carbonyl (C=O) groups is 1. The average molecular weight is 377 g/mol. The monoisotopic (exact) mass is 377 g/mol. The van der Waals surface area contributed by atoms with Crippen LogP contribution < -0.4 is 15.7 Å². The molecule has 0 spiro atoms. The van der Waals surface area contributed by atoms with Crippen molar-refractivity contribution >= 4 is 23.3 Å². The van der Waals surface area contributed by atoms with E-state index in [1.165, 1.54) is 0 Å². The lowest BCUT2D eigenvalue weighted by Gasteiger charge is -2.18. The van der Waals surface area contributed by atoms with Crippen molar-refractivity contribution in [2.45, 2.75) is 18.6 Å². The first-order chi connectivity index (χ1) is 13.8. The Hall–Kier alpha value is -3.46. The molecule has 1 unspecified atom stereocenters. The number of benzene rings is 1. The van der Waals surface area contributed by atoms with Gasteiger partial charge < -0.3 is 19.5 Å². The van der Waals surface area contributed by atoms with E-state index in [-0.39, 0.29) is 11.9 Å². The second-order valence-corrected chi connectivity index (χ2v) is 6.77. The first kappa shape index (κ1) is 16.7. The number of hydrogen-bond donors (Lipinski definition) is 2. The quantitative estimate of drug-likeness (QED) is 0.696. The molecule has 2 atom stereocenters. The average Bonchev–Trinajstić information content (AvgIpc) is 3.48. The molecule has 9 heteroatoms. The number of hydroxylamine groups is 1. The lowest BCUT2D eigenvalue weighted by atomic mass is 10.2. The molecule has 2 aromatic heterocycles. The third-order valence-corrected chi connectivity index (χ3v) is 4.91. The number of fused-ring (bicyclic) bond motifs is 1. The van der Waals surface area contributed by atoms with Gasteiger partial charge in [-0.1, -0.05) is 18.2 Å². The molecule has 3 aromatic rings. The van der Waals surface area contributed by atoms with Gasteiger partial charge in [0.2, 0.25) is 12.1 Å². The topological polar surface area (TPSA) is 96.2 Å². The van der Waals surface area contributed by atoms with Gasteiger partial charge in [-0.25, -0.2) is 15.0 Å². The Morgan fingerprint density at radius 1 is 1.18 bits per heavy atom. The van der Waals surface area contributed by atoms with Crippen LogP contribution in [0.1, 0.15) is 12.0 Å². The lowest BCUT2D eigenvalue weighted by molar-refractivity contribution is -0.124. The number of anilines is 1. The van der Waals surface area contributed by atoms with Gasteiger partial charge in [0.15, 0.2) is 11.5 Å². The van der Waals surface area contributed by atoms with Crippen molar-refractivity contribution in [3.63, 3.8) is 0 Å². The Morgan fingerprint density at radius 2 is 2.00 bits per heavy atom. The molecule has 5 rings (SSSR count). The van der Waals surface area contributed by atoms with Gasteiger partial charge in [-0.15, -0.1) is 5.48 Å². The van der Waals surface area contributed by atoms with E-state index in [0.29, 0.717) is 12.4 Å². The molecule has 0 radical (unpaired) electrons. The van der Waals surface area contributed by atoms with Crippen LogP contribution in [-0.4, -0.2) is 51.5 Å². The first-order valence-corrected chi connectivity index (χ1v) is 9.16. The molecule has 1 aromatic carbocycles. The zero-order chi connectivity index (χ0) is 18.9. The highest BCUT2D eigenvalue weighted by Gasteiger charge is 2.31. The number of aliphatic imine (C=N–C) groups is 1. The fourth-order valence-electron chi connectivity index (χ4n) is 3.52. The van der Waals surface area contributed by atoms with Crippen LogP contribution in [0.5, 0.6) is 0 Å². The maximum atomic E-state index is 12.6. The Balaban J connectivity index is 1.24. The SMILES string of the molecule is O=C(N[C@H]1CCN(c2nccn3ccnc23)C1)C1N=C(c2ccccc2)ON1. The van der Waals surface area contributed by atoms with Gasteiger partial charge in [-0.05, 0) is 18.6 Å².